The van der Waals surface area contributed by atoms with Crippen molar-refractivity contribution in [3.8, 4) is 0 Å². The van der Waals surface area contributed by atoms with E-state index in [1.54, 1.807) is 6.20 Å². The number of hydrogen-bond acceptors (Lipinski definition) is 3. The molecule has 6 heteroatoms. The number of carbonyl (C=O) groups excluding carboxylic acids is 1. The second-order valence-electron chi connectivity index (χ2n) is 4.96. The molecule has 1 aliphatic rings. The number of nitrogens with zero attached hydrogens (tertiary/aromatic N) is 1. The molecule has 1 fully saturated rings. The van der Waals surface area contributed by atoms with Gasteiger partial charge in [-0.2, -0.15) is 0 Å². The van der Waals surface area contributed by atoms with Crippen LogP contribution in [0.3, 0.4) is 0 Å². The van der Waals surface area contributed by atoms with Crippen LogP contribution in [0.15, 0.2) is 36.5 Å². The van der Waals surface area contributed by atoms with Crippen LogP contribution in [0.2, 0.25) is 0 Å². The summed E-state index contributed by atoms with van der Waals surface area (Å²) >= 11 is 0. The van der Waals surface area contributed by atoms with Gasteiger partial charge in [0.15, 0.2) is 0 Å². The highest BCUT2D eigenvalue weighted by atomic mass is 35.5. The number of para-hydroxylation sites is 1. The molecule has 1 unspecified atom stereocenters. The molecular weight excluding hydrogens is 309 g/mol. The van der Waals surface area contributed by atoms with Gasteiger partial charge in [0.25, 0.3) is 0 Å². The Morgan fingerprint density at radius 2 is 2.14 bits per heavy atom. The lowest BCUT2D eigenvalue weighted by molar-refractivity contribution is -0.116. The highest BCUT2D eigenvalue weighted by molar-refractivity contribution is 5.93. The molecule has 1 aromatic carbocycles. The van der Waals surface area contributed by atoms with Crippen molar-refractivity contribution >= 4 is 47.3 Å². The van der Waals surface area contributed by atoms with Crippen LogP contribution in [0, 0.1) is 0 Å². The van der Waals surface area contributed by atoms with Crippen molar-refractivity contribution in [3.05, 3.63) is 36.5 Å². The minimum absolute atomic E-state index is 0. The van der Waals surface area contributed by atoms with Crippen LogP contribution in [0.5, 0.6) is 0 Å². The van der Waals surface area contributed by atoms with Crippen LogP contribution in [-0.2, 0) is 4.79 Å². The lowest BCUT2D eigenvalue weighted by Crippen LogP contribution is -2.27. The zero-order valence-electron chi connectivity index (χ0n) is 11.5. The number of aromatic nitrogens is 1. The first-order valence-electron chi connectivity index (χ1n) is 6.69. The van der Waals surface area contributed by atoms with Crippen molar-refractivity contribution in [2.45, 2.75) is 25.3 Å². The summed E-state index contributed by atoms with van der Waals surface area (Å²) in [6.07, 6.45) is 4.49. The van der Waals surface area contributed by atoms with Gasteiger partial charge < -0.3 is 10.6 Å². The maximum Gasteiger partial charge on any atom is 0.225 e. The quantitative estimate of drug-likeness (QED) is 0.910. The summed E-state index contributed by atoms with van der Waals surface area (Å²) in [4.78, 5) is 16.3. The third kappa shape index (κ3) is 4.56. The Bertz CT molecular complexity index is 600. The van der Waals surface area contributed by atoms with Crippen LogP contribution >= 0.6 is 24.8 Å². The second kappa shape index (κ2) is 8.17. The molecule has 1 saturated heterocycles. The summed E-state index contributed by atoms with van der Waals surface area (Å²) in [7, 11) is 0. The van der Waals surface area contributed by atoms with Gasteiger partial charge in [-0.05, 0) is 31.5 Å². The van der Waals surface area contributed by atoms with E-state index in [0.29, 0.717) is 12.5 Å². The SMILES string of the molecule is Cl.Cl.O=C(CC1CCCN1)Nc1cnc2ccccc2c1. The molecular formula is C15H19Cl2N3O. The molecule has 4 nitrogen and oxygen atoms in total. The van der Waals surface area contributed by atoms with Crippen molar-refractivity contribution in [2.24, 2.45) is 0 Å². The van der Waals surface area contributed by atoms with Gasteiger partial charge in [-0.15, -0.1) is 24.8 Å². The van der Waals surface area contributed by atoms with Crippen LogP contribution in [0.1, 0.15) is 19.3 Å². The molecule has 1 aromatic heterocycles. The smallest absolute Gasteiger partial charge is 0.225 e. The van der Waals surface area contributed by atoms with Gasteiger partial charge >= 0.3 is 0 Å². The van der Waals surface area contributed by atoms with Crippen LogP contribution in [-0.4, -0.2) is 23.5 Å². The summed E-state index contributed by atoms with van der Waals surface area (Å²) in [5.41, 5.74) is 1.71. The van der Waals surface area contributed by atoms with Crippen LogP contribution in [0.25, 0.3) is 10.9 Å². The highest BCUT2D eigenvalue weighted by Gasteiger charge is 2.17. The number of pyridine rings is 1. The Hall–Kier alpha value is -1.36. The van der Waals surface area contributed by atoms with Crippen molar-refractivity contribution in [3.63, 3.8) is 0 Å². The monoisotopic (exact) mass is 327 g/mol. The maximum atomic E-state index is 11.9. The van der Waals surface area contributed by atoms with Gasteiger partial charge in [-0.25, -0.2) is 0 Å². The second-order valence-corrected chi connectivity index (χ2v) is 4.96. The molecule has 114 valence electrons. The first kappa shape index (κ1) is 17.7. The molecule has 21 heavy (non-hydrogen) atoms. The lowest BCUT2D eigenvalue weighted by Gasteiger charge is -2.10. The number of fused-ring (bicyclic) bond motifs is 1. The summed E-state index contributed by atoms with van der Waals surface area (Å²) in [5.74, 6) is 0.0523. The first-order valence-corrected chi connectivity index (χ1v) is 6.69. The summed E-state index contributed by atoms with van der Waals surface area (Å²) in [6.45, 7) is 1.02. The average molecular weight is 328 g/mol. The van der Waals surface area contributed by atoms with E-state index in [1.807, 2.05) is 30.3 Å². The van der Waals surface area contributed by atoms with E-state index < -0.39 is 0 Å². The molecule has 0 radical (unpaired) electrons. The normalized spacial score (nSPS) is 16.9. The summed E-state index contributed by atoms with van der Waals surface area (Å²) in [6, 6.07) is 10.2. The number of halogens is 2. The van der Waals surface area contributed by atoms with Gasteiger partial charge in [-0.1, -0.05) is 18.2 Å². The third-order valence-corrected chi connectivity index (χ3v) is 3.47. The lowest BCUT2D eigenvalue weighted by atomic mass is 10.1. The molecule has 0 spiro atoms. The predicted octanol–water partition coefficient (Wildman–Crippen LogP) is 3.16. The van der Waals surface area contributed by atoms with E-state index in [1.165, 1.54) is 0 Å². The fourth-order valence-corrected chi connectivity index (χ4v) is 2.51. The number of amides is 1. The third-order valence-electron chi connectivity index (χ3n) is 3.47. The largest absolute Gasteiger partial charge is 0.325 e. The topological polar surface area (TPSA) is 54.0 Å². The van der Waals surface area contributed by atoms with Crippen molar-refractivity contribution in [2.75, 3.05) is 11.9 Å². The number of carbonyl (C=O) groups is 1. The van der Waals surface area contributed by atoms with E-state index in [4.69, 9.17) is 0 Å². The molecule has 2 N–H and O–H groups in total. The first-order chi connectivity index (χ1) is 9.31. The van der Waals surface area contributed by atoms with Gasteiger partial charge in [0, 0.05) is 17.8 Å². The van der Waals surface area contributed by atoms with Gasteiger partial charge in [0.1, 0.15) is 0 Å². The van der Waals surface area contributed by atoms with Crippen molar-refractivity contribution in [1.29, 1.82) is 0 Å². The fourth-order valence-electron chi connectivity index (χ4n) is 2.51. The Balaban J connectivity index is 0.00000110. The molecule has 0 bridgehead atoms. The van der Waals surface area contributed by atoms with Crippen LogP contribution in [0.4, 0.5) is 5.69 Å². The molecule has 2 heterocycles. The van der Waals surface area contributed by atoms with Crippen molar-refractivity contribution < 1.29 is 4.79 Å². The standard InChI is InChI=1S/C15H17N3O.2ClH/c19-15(9-12-5-3-7-16-12)18-13-8-11-4-1-2-6-14(11)17-10-13;;/h1-2,4,6,8,10,12,16H,3,5,7,9H2,(H,18,19);2*1H. The zero-order chi connectivity index (χ0) is 13.1. The Kier molecular flexibility index (Phi) is 6.89. The Morgan fingerprint density at radius 3 is 2.90 bits per heavy atom. The van der Waals surface area contributed by atoms with Gasteiger partial charge in [-0.3, -0.25) is 9.78 Å². The maximum absolute atomic E-state index is 11.9. The summed E-state index contributed by atoms with van der Waals surface area (Å²) in [5, 5.41) is 7.29. The summed E-state index contributed by atoms with van der Waals surface area (Å²) < 4.78 is 0. The molecule has 1 amide bonds. The molecule has 0 aliphatic carbocycles. The number of anilines is 1. The molecule has 3 rings (SSSR count). The highest BCUT2D eigenvalue weighted by Crippen LogP contribution is 2.17. The van der Waals surface area contributed by atoms with E-state index in [9.17, 15) is 4.79 Å². The van der Waals surface area contributed by atoms with Gasteiger partial charge in [0.2, 0.25) is 5.91 Å². The molecule has 0 saturated carbocycles. The van der Waals surface area contributed by atoms with E-state index >= 15 is 0 Å². The van der Waals surface area contributed by atoms with Crippen molar-refractivity contribution in [1.82, 2.24) is 10.3 Å². The number of rotatable bonds is 3. The zero-order valence-corrected chi connectivity index (χ0v) is 13.2. The van der Waals surface area contributed by atoms with E-state index in [2.05, 4.69) is 15.6 Å². The Labute approximate surface area is 136 Å². The molecule has 2 aromatic rings. The molecule has 1 atom stereocenters. The minimum atomic E-state index is 0. The van der Waals surface area contributed by atoms with Gasteiger partial charge in [0.05, 0.1) is 17.4 Å². The predicted molar refractivity (Wildman–Crippen MR) is 90.5 cm³/mol. The average Bonchev–Trinajstić information content (AvgIpc) is 2.91. The molecule has 1 aliphatic heterocycles. The number of benzene rings is 1. The van der Waals surface area contributed by atoms with E-state index in [-0.39, 0.29) is 30.7 Å². The minimum Gasteiger partial charge on any atom is -0.325 e. The number of nitrogens with one attached hydrogen (secondary N) is 2. The van der Waals surface area contributed by atoms with E-state index in [0.717, 1.165) is 36.0 Å². The Morgan fingerprint density at radius 1 is 1.33 bits per heavy atom. The van der Waals surface area contributed by atoms with Crippen LogP contribution < -0.4 is 10.6 Å². The number of hydrogen-bond donors (Lipinski definition) is 2. The fraction of sp³-hybridized carbons (Fsp3) is 0.333.